The molecule has 8 nitrogen and oxygen atoms in total. The highest BCUT2D eigenvalue weighted by molar-refractivity contribution is 5.92. The summed E-state index contributed by atoms with van der Waals surface area (Å²) in [6.45, 7) is 3.74. The lowest BCUT2D eigenvalue weighted by Crippen LogP contribution is -2.25. The van der Waals surface area contributed by atoms with Crippen LogP contribution in [0.3, 0.4) is 0 Å². The van der Waals surface area contributed by atoms with Gasteiger partial charge in [-0.2, -0.15) is 0 Å². The lowest BCUT2D eigenvalue weighted by atomic mass is 10.4. The van der Waals surface area contributed by atoms with Gasteiger partial charge in [-0.3, -0.25) is 4.79 Å². The van der Waals surface area contributed by atoms with E-state index in [1.165, 1.54) is 12.6 Å². The van der Waals surface area contributed by atoms with Crippen molar-refractivity contribution in [2.45, 2.75) is 13.3 Å². The second-order valence-corrected chi connectivity index (χ2v) is 4.01. The predicted molar refractivity (Wildman–Crippen MR) is 71.9 cm³/mol. The van der Waals surface area contributed by atoms with Crippen molar-refractivity contribution < 1.29 is 13.9 Å². The van der Waals surface area contributed by atoms with Gasteiger partial charge in [0.15, 0.2) is 11.5 Å². The molecule has 8 heteroatoms. The van der Waals surface area contributed by atoms with Gasteiger partial charge < -0.3 is 25.2 Å². The molecule has 2 aromatic rings. The molecule has 2 heterocycles. The molecule has 0 saturated carbocycles. The Bertz CT molecular complexity index is 563. The molecule has 0 radical (unpaired) electrons. The molecule has 4 N–H and O–H groups in total. The Hall–Kier alpha value is -2.35. The van der Waals surface area contributed by atoms with E-state index < -0.39 is 0 Å². The quantitative estimate of drug-likeness (QED) is 0.645. The van der Waals surface area contributed by atoms with E-state index in [1.807, 2.05) is 6.92 Å². The van der Waals surface area contributed by atoms with Gasteiger partial charge in [-0.1, -0.05) is 0 Å². The van der Waals surface area contributed by atoms with Gasteiger partial charge in [-0.25, -0.2) is 9.97 Å². The van der Waals surface area contributed by atoms with Crippen molar-refractivity contribution >= 4 is 11.7 Å². The number of rotatable bonds is 7. The van der Waals surface area contributed by atoms with Crippen LogP contribution in [0.2, 0.25) is 0 Å². The summed E-state index contributed by atoms with van der Waals surface area (Å²) in [4.78, 5) is 22.5. The molecule has 20 heavy (non-hydrogen) atoms. The number of nitrogens with one attached hydrogen (secondary N) is 2. The van der Waals surface area contributed by atoms with Crippen LogP contribution in [0.5, 0.6) is 0 Å². The third-order valence-corrected chi connectivity index (χ3v) is 2.57. The molecule has 0 atom stereocenters. The van der Waals surface area contributed by atoms with Crippen LogP contribution >= 0.6 is 0 Å². The number of nitrogen functional groups attached to an aromatic ring is 1. The van der Waals surface area contributed by atoms with Crippen molar-refractivity contribution in [1.29, 1.82) is 0 Å². The second kappa shape index (κ2) is 6.71. The summed E-state index contributed by atoms with van der Waals surface area (Å²) in [5.41, 5.74) is 6.29. The maximum Gasteiger partial charge on any atom is 0.273 e. The van der Waals surface area contributed by atoms with Crippen molar-refractivity contribution in [3.05, 3.63) is 18.3 Å². The predicted octanol–water partition coefficient (Wildman–Crippen LogP) is 0.803. The number of H-pyrrole nitrogens is 1. The topological polar surface area (TPSA) is 119 Å². The summed E-state index contributed by atoms with van der Waals surface area (Å²) in [7, 11) is 0. The highest BCUT2D eigenvalue weighted by Crippen LogP contribution is 2.20. The molecule has 0 unspecified atom stereocenters. The Morgan fingerprint density at radius 3 is 3.15 bits per heavy atom. The first-order chi connectivity index (χ1) is 9.72. The third kappa shape index (κ3) is 3.35. The number of amides is 1. The average Bonchev–Trinajstić information content (AvgIpc) is 3.06. The minimum absolute atomic E-state index is 0.199. The van der Waals surface area contributed by atoms with Crippen LogP contribution in [0.4, 0.5) is 5.82 Å². The number of nitrogens with zero attached hydrogens (tertiary/aromatic N) is 2. The summed E-state index contributed by atoms with van der Waals surface area (Å²) in [5.74, 6) is 0.213. The maximum absolute atomic E-state index is 11.8. The molecule has 0 aliphatic heterocycles. The molecule has 0 spiro atoms. The molecule has 2 aromatic heterocycles. The molecule has 0 aromatic carbocycles. The zero-order valence-electron chi connectivity index (χ0n) is 11.2. The van der Waals surface area contributed by atoms with Crippen LogP contribution in [0.25, 0.3) is 11.6 Å². The molecule has 0 saturated heterocycles. The molecule has 2 rings (SSSR count). The minimum Gasteiger partial charge on any atom is -0.442 e. The fraction of sp³-hybridized carbons (Fsp3) is 0.417. The SMILES string of the molecule is CCOCCCNC(=O)c1coc(-c2[nH]cnc2N)n1. The average molecular weight is 279 g/mol. The number of hydrogen-bond acceptors (Lipinski definition) is 6. The first-order valence-corrected chi connectivity index (χ1v) is 6.33. The maximum atomic E-state index is 11.8. The second-order valence-electron chi connectivity index (χ2n) is 4.01. The zero-order chi connectivity index (χ0) is 14.4. The molecule has 108 valence electrons. The van der Waals surface area contributed by atoms with Crippen molar-refractivity contribution in [3.8, 4) is 11.6 Å². The summed E-state index contributed by atoms with van der Waals surface area (Å²) >= 11 is 0. The number of carbonyl (C=O) groups excluding carboxylic acids is 1. The Kier molecular flexibility index (Phi) is 4.72. The lowest BCUT2D eigenvalue weighted by molar-refractivity contribution is 0.0939. The standard InChI is InChI=1S/C12H17N5O3/c1-2-19-5-3-4-14-11(18)8-6-20-12(17-8)9-10(13)16-7-15-9/h6-7H,2-5,13H2,1H3,(H,14,18)(H,15,16). The van der Waals surface area contributed by atoms with Crippen LogP contribution in [0.15, 0.2) is 17.0 Å². The van der Waals surface area contributed by atoms with E-state index in [-0.39, 0.29) is 23.3 Å². The van der Waals surface area contributed by atoms with E-state index in [2.05, 4.69) is 20.3 Å². The van der Waals surface area contributed by atoms with Gasteiger partial charge in [-0.05, 0) is 13.3 Å². The number of aromatic amines is 1. The summed E-state index contributed by atoms with van der Waals surface area (Å²) in [5, 5.41) is 2.73. The van der Waals surface area contributed by atoms with E-state index in [0.29, 0.717) is 25.5 Å². The minimum atomic E-state index is -0.297. The summed E-state index contributed by atoms with van der Waals surface area (Å²) < 4.78 is 10.4. The fourth-order valence-corrected chi connectivity index (χ4v) is 1.58. The molecule has 0 bridgehead atoms. The zero-order valence-corrected chi connectivity index (χ0v) is 11.2. The van der Waals surface area contributed by atoms with E-state index in [1.54, 1.807) is 0 Å². The lowest BCUT2D eigenvalue weighted by Gasteiger charge is -2.02. The van der Waals surface area contributed by atoms with Crippen molar-refractivity contribution in [2.24, 2.45) is 0 Å². The Morgan fingerprint density at radius 1 is 1.60 bits per heavy atom. The molecular formula is C12H17N5O3. The number of nitrogens with two attached hydrogens (primary N) is 1. The van der Waals surface area contributed by atoms with Gasteiger partial charge in [0.25, 0.3) is 5.91 Å². The molecule has 1 amide bonds. The first-order valence-electron chi connectivity index (χ1n) is 6.33. The van der Waals surface area contributed by atoms with Crippen molar-refractivity contribution in [1.82, 2.24) is 20.3 Å². The van der Waals surface area contributed by atoms with E-state index in [4.69, 9.17) is 14.9 Å². The summed E-state index contributed by atoms with van der Waals surface area (Å²) in [6, 6.07) is 0. The fourth-order valence-electron chi connectivity index (χ4n) is 1.58. The van der Waals surface area contributed by atoms with Gasteiger partial charge in [0.1, 0.15) is 12.0 Å². The number of carbonyl (C=O) groups is 1. The molecule has 0 fully saturated rings. The number of anilines is 1. The smallest absolute Gasteiger partial charge is 0.273 e. The van der Waals surface area contributed by atoms with Crippen LogP contribution < -0.4 is 11.1 Å². The van der Waals surface area contributed by atoms with Crippen LogP contribution in [0.1, 0.15) is 23.8 Å². The largest absolute Gasteiger partial charge is 0.442 e. The number of ether oxygens (including phenoxy) is 1. The molecular weight excluding hydrogens is 262 g/mol. The summed E-state index contributed by atoms with van der Waals surface area (Å²) in [6.07, 6.45) is 3.47. The molecule has 0 aliphatic carbocycles. The van der Waals surface area contributed by atoms with E-state index in [0.717, 1.165) is 6.42 Å². The number of imidazole rings is 1. The number of aromatic nitrogens is 3. The third-order valence-electron chi connectivity index (χ3n) is 2.57. The van der Waals surface area contributed by atoms with Gasteiger partial charge in [-0.15, -0.1) is 0 Å². The van der Waals surface area contributed by atoms with Gasteiger partial charge in [0.2, 0.25) is 5.89 Å². The van der Waals surface area contributed by atoms with E-state index >= 15 is 0 Å². The van der Waals surface area contributed by atoms with Gasteiger partial charge >= 0.3 is 0 Å². The van der Waals surface area contributed by atoms with Gasteiger partial charge in [0, 0.05) is 19.8 Å². The van der Waals surface area contributed by atoms with Crippen LogP contribution in [-0.2, 0) is 4.74 Å². The van der Waals surface area contributed by atoms with E-state index in [9.17, 15) is 4.79 Å². The number of oxazole rings is 1. The Balaban J connectivity index is 1.89. The van der Waals surface area contributed by atoms with Gasteiger partial charge in [0.05, 0.1) is 6.33 Å². The number of hydrogen-bond donors (Lipinski definition) is 3. The Morgan fingerprint density at radius 2 is 2.45 bits per heavy atom. The Labute approximate surface area is 115 Å². The first kappa shape index (κ1) is 14.1. The highest BCUT2D eigenvalue weighted by Gasteiger charge is 2.15. The van der Waals surface area contributed by atoms with Crippen molar-refractivity contribution in [3.63, 3.8) is 0 Å². The van der Waals surface area contributed by atoms with Crippen molar-refractivity contribution in [2.75, 3.05) is 25.5 Å². The van der Waals surface area contributed by atoms with Crippen LogP contribution in [0, 0.1) is 0 Å². The van der Waals surface area contributed by atoms with Crippen LogP contribution in [-0.4, -0.2) is 40.6 Å². The highest BCUT2D eigenvalue weighted by atomic mass is 16.5. The molecule has 0 aliphatic rings. The normalized spacial score (nSPS) is 10.7. The monoisotopic (exact) mass is 279 g/mol.